The largest absolute Gasteiger partial charge is 0.492 e. The van der Waals surface area contributed by atoms with Gasteiger partial charge in [-0.15, -0.1) is 12.4 Å². The normalized spacial score (nSPS) is 18.0. The molecule has 2 aliphatic rings. The van der Waals surface area contributed by atoms with Crippen LogP contribution in [0.2, 0.25) is 0 Å². The van der Waals surface area contributed by atoms with Gasteiger partial charge in [-0.05, 0) is 37.3 Å². The van der Waals surface area contributed by atoms with Gasteiger partial charge < -0.3 is 25.0 Å². The summed E-state index contributed by atoms with van der Waals surface area (Å²) in [6.07, 6.45) is 4.13. The van der Waals surface area contributed by atoms with Crippen molar-refractivity contribution in [2.45, 2.75) is 31.7 Å². The minimum atomic E-state index is -1.36. The molecule has 0 bridgehead atoms. The molecule has 0 spiro atoms. The molecule has 0 atom stereocenters. The van der Waals surface area contributed by atoms with Crippen LogP contribution in [0, 0.1) is 5.82 Å². The lowest BCUT2D eigenvalue weighted by molar-refractivity contribution is 0.0695. The number of nitrogens with two attached hydrogens (primary N) is 1. The van der Waals surface area contributed by atoms with Gasteiger partial charge in [-0.25, -0.2) is 13.6 Å². The second-order valence-electron chi connectivity index (χ2n) is 7.69. The molecule has 1 aliphatic carbocycles. The van der Waals surface area contributed by atoms with Gasteiger partial charge >= 0.3 is 5.97 Å². The number of aromatic carboxylic acids is 1. The van der Waals surface area contributed by atoms with Crippen LogP contribution in [0.25, 0.3) is 10.9 Å². The van der Waals surface area contributed by atoms with Crippen LogP contribution in [0.15, 0.2) is 28.5 Å². The van der Waals surface area contributed by atoms with Gasteiger partial charge in [0.2, 0.25) is 5.43 Å². The van der Waals surface area contributed by atoms with Gasteiger partial charge in [0, 0.05) is 31.9 Å². The molecule has 3 N–H and O–H groups in total. The zero-order valence-electron chi connectivity index (χ0n) is 17.0. The Morgan fingerprint density at radius 1 is 1.39 bits per heavy atom. The molecule has 1 aromatic heterocycles. The number of benzene rings is 1. The molecule has 7 nitrogen and oxygen atoms in total. The second-order valence-corrected chi connectivity index (χ2v) is 7.69. The lowest BCUT2D eigenvalue weighted by Crippen LogP contribution is -2.33. The van der Waals surface area contributed by atoms with Crippen molar-refractivity contribution in [3.8, 4) is 5.75 Å². The number of methoxy groups -OCH3 is 1. The number of anilines is 1. The zero-order chi connectivity index (χ0) is 21.6. The summed E-state index contributed by atoms with van der Waals surface area (Å²) in [5.74, 6) is -2.32. The highest BCUT2D eigenvalue weighted by Gasteiger charge is 2.32. The predicted molar refractivity (Wildman–Crippen MR) is 116 cm³/mol. The topological polar surface area (TPSA) is 97.8 Å². The predicted octanol–water partition coefficient (Wildman–Crippen LogP) is 3.39. The van der Waals surface area contributed by atoms with Crippen LogP contribution in [0.3, 0.4) is 0 Å². The lowest BCUT2D eigenvalue weighted by atomic mass is 10.0. The highest BCUT2D eigenvalue weighted by atomic mass is 35.5. The molecule has 2 aromatic rings. The van der Waals surface area contributed by atoms with Crippen molar-refractivity contribution in [1.82, 2.24) is 4.57 Å². The molecule has 1 aliphatic heterocycles. The Kier molecular flexibility index (Phi) is 6.56. The Labute approximate surface area is 183 Å². The van der Waals surface area contributed by atoms with Crippen molar-refractivity contribution in [2.75, 3.05) is 31.6 Å². The van der Waals surface area contributed by atoms with Gasteiger partial charge in [0.1, 0.15) is 17.1 Å². The van der Waals surface area contributed by atoms with Crippen LogP contribution in [0.1, 0.15) is 42.1 Å². The van der Waals surface area contributed by atoms with E-state index in [-0.39, 0.29) is 48.4 Å². The summed E-state index contributed by atoms with van der Waals surface area (Å²) in [6.45, 7) is 0.448. The SMILES string of the molecule is COc1c(N2CCC/C(=C(\F)CN)C2)c(F)cc2c(=O)c(C(=O)O)cn(C3CC3)c12.Cl. The fourth-order valence-corrected chi connectivity index (χ4v) is 4.15. The lowest BCUT2D eigenvalue weighted by Gasteiger charge is -2.33. The summed E-state index contributed by atoms with van der Waals surface area (Å²) in [4.78, 5) is 26.0. The Balaban J connectivity index is 0.00000272. The van der Waals surface area contributed by atoms with Gasteiger partial charge in [-0.3, -0.25) is 4.79 Å². The number of ether oxygens (including phenoxy) is 1. The average molecular weight is 456 g/mol. The van der Waals surface area contributed by atoms with E-state index in [4.69, 9.17) is 10.5 Å². The minimum absolute atomic E-state index is 0. The fourth-order valence-electron chi connectivity index (χ4n) is 4.15. The molecule has 31 heavy (non-hydrogen) atoms. The maximum absolute atomic E-state index is 15.3. The van der Waals surface area contributed by atoms with E-state index in [0.29, 0.717) is 30.5 Å². The Hall–Kier alpha value is -2.65. The van der Waals surface area contributed by atoms with Crippen LogP contribution in [-0.2, 0) is 0 Å². The fraction of sp³-hybridized carbons (Fsp3) is 0.429. The first-order chi connectivity index (χ1) is 14.4. The molecule has 0 amide bonds. The number of fused-ring (bicyclic) bond motifs is 1. The van der Waals surface area contributed by atoms with Gasteiger partial charge in [0.15, 0.2) is 11.6 Å². The quantitative estimate of drug-likeness (QED) is 0.717. The molecule has 4 rings (SSSR count). The number of halogens is 3. The number of carboxylic acids is 1. The van der Waals surface area contributed by atoms with Crippen molar-refractivity contribution >= 4 is 35.0 Å². The van der Waals surface area contributed by atoms with E-state index in [2.05, 4.69) is 0 Å². The number of hydrogen-bond donors (Lipinski definition) is 2. The van der Waals surface area contributed by atoms with E-state index < -0.39 is 28.6 Å². The van der Waals surface area contributed by atoms with Crippen molar-refractivity contribution in [3.63, 3.8) is 0 Å². The molecule has 0 unspecified atom stereocenters. The van der Waals surface area contributed by atoms with Crippen LogP contribution >= 0.6 is 12.4 Å². The van der Waals surface area contributed by atoms with Crippen LogP contribution in [0.5, 0.6) is 5.75 Å². The van der Waals surface area contributed by atoms with E-state index in [0.717, 1.165) is 18.9 Å². The first kappa shape index (κ1) is 23.0. The number of piperidine rings is 1. The number of hydrogen-bond acceptors (Lipinski definition) is 5. The van der Waals surface area contributed by atoms with E-state index in [1.54, 1.807) is 9.47 Å². The smallest absolute Gasteiger partial charge is 0.341 e. The second kappa shape index (κ2) is 8.84. The van der Waals surface area contributed by atoms with Crippen molar-refractivity contribution in [1.29, 1.82) is 0 Å². The molecular weight excluding hydrogens is 432 g/mol. The third-order valence-corrected chi connectivity index (χ3v) is 5.74. The summed E-state index contributed by atoms with van der Waals surface area (Å²) in [6, 6.07) is 1.09. The summed E-state index contributed by atoms with van der Waals surface area (Å²) < 4.78 is 36.6. The van der Waals surface area contributed by atoms with Gasteiger partial charge in [0.05, 0.1) is 18.0 Å². The first-order valence-electron chi connectivity index (χ1n) is 9.87. The van der Waals surface area contributed by atoms with E-state index >= 15 is 4.39 Å². The number of rotatable bonds is 5. The molecule has 168 valence electrons. The number of carboxylic acid groups (broad SMARTS) is 1. The summed E-state index contributed by atoms with van der Waals surface area (Å²) in [5.41, 5.74) is 5.29. The Morgan fingerprint density at radius 2 is 2.10 bits per heavy atom. The minimum Gasteiger partial charge on any atom is -0.492 e. The number of nitrogens with zero attached hydrogens (tertiary/aromatic N) is 2. The molecule has 10 heteroatoms. The number of aromatic nitrogens is 1. The molecule has 1 saturated heterocycles. The van der Waals surface area contributed by atoms with Crippen LogP contribution in [-0.4, -0.2) is 42.4 Å². The monoisotopic (exact) mass is 455 g/mol. The van der Waals surface area contributed by atoms with Crippen LogP contribution < -0.4 is 20.8 Å². The standard InChI is InChI=1S/C21H23F2N3O4.ClH/c1-30-20-17-13(19(27)14(21(28)29)10-26(17)12-4-5-12)7-15(22)18(20)25-6-2-3-11(9-25)16(23)8-24;/h7,10,12H,2-6,8-9,24H2,1H3,(H,28,29);1H/b16-11+;. The average Bonchev–Trinajstić information content (AvgIpc) is 3.58. The third kappa shape index (κ3) is 3.99. The molecule has 2 fully saturated rings. The van der Waals surface area contributed by atoms with E-state index in [1.807, 2.05) is 0 Å². The van der Waals surface area contributed by atoms with Crippen molar-refractivity contribution in [3.05, 3.63) is 45.3 Å². The molecule has 1 saturated carbocycles. The van der Waals surface area contributed by atoms with E-state index in [1.165, 1.54) is 13.3 Å². The van der Waals surface area contributed by atoms with E-state index in [9.17, 15) is 19.1 Å². The Morgan fingerprint density at radius 3 is 2.68 bits per heavy atom. The molecule has 1 aromatic carbocycles. The number of carbonyl (C=O) groups is 1. The third-order valence-electron chi connectivity index (χ3n) is 5.74. The number of pyridine rings is 1. The van der Waals surface area contributed by atoms with Crippen molar-refractivity contribution in [2.24, 2.45) is 5.73 Å². The summed E-state index contributed by atoms with van der Waals surface area (Å²) in [5, 5.41) is 9.37. The molecule has 0 radical (unpaired) electrons. The molecular formula is C21H24ClF2N3O4. The van der Waals surface area contributed by atoms with Gasteiger partial charge in [-0.1, -0.05) is 0 Å². The summed E-state index contributed by atoms with van der Waals surface area (Å²) >= 11 is 0. The highest BCUT2D eigenvalue weighted by Crippen LogP contribution is 2.44. The summed E-state index contributed by atoms with van der Waals surface area (Å²) in [7, 11) is 1.38. The maximum Gasteiger partial charge on any atom is 0.341 e. The van der Waals surface area contributed by atoms with Crippen molar-refractivity contribution < 1.29 is 23.4 Å². The van der Waals surface area contributed by atoms with Gasteiger partial charge in [-0.2, -0.15) is 0 Å². The Bertz CT molecular complexity index is 1130. The molecule has 2 heterocycles. The first-order valence-corrected chi connectivity index (χ1v) is 9.87. The zero-order valence-corrected chi connectivity index (χ0v) is 17.8. The van der Waals surface area contributed by atoms with Gasteiger partial charge in [0.25, 0.3) is 0 Å². The maximum atomic E-state index is 15.3. The highest BCUT2D eigenvalue weighted by molar-refractivity contribution is 5.97. The van der Waals surface area contributed by atoms with Crippen LogP contribution in [0.4, 0.5) is 14.5 Å².